The minimum atomic E-state index is -0.336. The fraction of sp³-hybridized carbons (Fsp3) is 1.00. The van der Waals surface area contributed by atoms with Gasteiger partial charge in [-0.1, -0.05) is 67.7 Å². The highest BCUT2D eigenvalue weighted by Crippen LogP contribution is 2.74. The van der Waals surface area contributed by atoms with Gasteiger partial charge in [0, 0.05) is 12.0 Å². The standard InChI is InChI=1S/C30H54O3/c1-19(2)9-8-10-20(3)21-13-15-28(6)22-11-12-24-27(4,5)25(33)14-16-30(24,18-31)26(22)23(32)17-29(21,28)7/h19-26,31-33H,8-18H2,1-7H3/t20-,21-,22-,23+,24+,25+,26-,28+,29-,30-/m1/s1. The van der Waals surface area contributed by atoms with Crippen LogP contribution < -0.4 is 0 Å². The van der Waals surface area contributed by atoms with Crippen molar-refractivity contribution in [1.29, 1.82) is 0 Å². The molecule has 10 atom stereocenters. The fourth-order valence-corrected chi connectivity index (χ4v) is 10.6. The average molecular weight is 463 g/mol. The number of hydrogen-bond acceptors (Lipinski definition) is 3. The summed E-state index contributed by atoms with van der Waals surface area (Å²) in [6.07, 6.45) is 10.6. The summed E-state index contributed by atoms with van der Waals surface area (Å²) in [7, 11) is 0. The van der Waals surface area contributed by atoms with Crippen molar-refractivity contribution in [3.05, 3.63) is 0 Å². The van der Waals surface area contributed by atoms with Gasteiger partial charge in [-0.25, -0.2) is 0 Å². The minimum Gasteiger partial charge on any atom is -0.396 e. The van der Waals surface area contributed by atoms with Crippen LogP contribution in [0.3, 0.4) is 0 Å². The van der Waals surface area contributed by atoms with E-state index in [1.807, 2.05) is 0 Å². The SMILES string of the molecule is CC(C)CCC[C@@H](C)[C@H]1CC[C@@]2(C)[C@@H]3CC[C@H]4C(C)(C)[C@@H](O)CC[C@]4(CO)[C@H]3[C@@H](O)C[C@]12C. The highest BCUT2D eigenvalue weighted by Gasteiger charge is 2.70. The van der Waals surface area contributed by atoms with Gasteiger partial charge in [-0.2, -0.15) is 0 Å². The van der Waals surface area contributed by atoms with Crippen LogP contribution in [0.25, 0.3) is 0 Å². The first-order valence-corrected chi connectivity index (χ1v) is 14.3. The maximum absolute atomic E-state index is 11.9. The first-order chi connectivity index (χ1) is 15.3. The molecule has 4 aliphatic rings. The van der Waals surface area contributed by atoms with Gasteiger partial charge in [-0.3, -0.25) is 0 Å². The van der Waals surface area contributed by atoms with Crippen LogP contribution >= 0.6 is 0 Å². The lowest BCUT2D eigenvalue weighted by Gasteiger charge is -2.68. The van der Waals surface area contributed by atoms with E-state index in [2.05, 4.69) is 48.5 Å². The smallest absolute Gasteiger partial charge is 0.0594 e. The Labute approximate surface area is 204 Å². The first kappa shape index (κ1) is 26.0. The molecule has 3 nitrogen and oxygen atoms in total. The third-order valence-corrected chi connectivity index (χ3v) is 12.6. The Balaban J connectivity index is 1.64. The molecule has 0 aliphatic heterocycles. The van der Waals surface area contributed by atoms with Crippen molar-refractivity contribution in [2.45, 2.75) is 125 Å². The molecule has 0 amide bonds. The predicted molar refractivity (Wildman–Crippen MR) is 136 cm³/mol. The molecule has 0 spiro atoms. The molecule has 4 aliphatic carbocycles. The van der Waals surface area contributed by atoms with Crippen LogP contribution in [-0.4, -0.2) is 34.1 Å². The molecule has 0 bridgehead atoms. The van der Waals surface area contributed by atoms with Crippen molar-refractivity contribution >= 4 is 0 Å². The molecular weight excluding hydrogens is 408 g/mol. The molecular formula is C30H54O3. The Bertz CT molecular complexity index is 703. The Morgan fingerprint density at radius 3 is 2.18 bits per heavy atom. The lowest BCUT2D eigenvalue weighted by Crippen LogP contribution is -2.67. The highest BCUT2D eigenvalue weighted by atomic mass is 16.3. The van der Waals surface area contributed by atoms with Crippen LogP contribution in [-0.2, 0) is 0 Å². The van der Waals surface area contributed by atoms with Gasteiger partial charge < -0.3 is 15.3 Å². The highest BCUT2D eigenvalue weighted by molar-refractivity contribution is 5.19. The lowest BCUT2D eigenvalue weighted by atomic mass is 9.37. The molecule has 3 N–H and O–H groups in total. The van der Waals surface area contributed by atoms with E-state index in [4.69, 9.17) is 0 Å². The molecule has 4 rings (SSSR count). The van der Waals surface area contributed by atoms with Crippen molar-refractivity contribution < 1.29 is 15.3 Å². The molecule has 0 heterocycles. The van der Waals surface area contributed by atoms with Crippen molar-refractivity contribution in [3.8, 4) is 0 Å². The van der Waals surface area contributed by atoms with Crippen LogP contribution in [0.4, 0.5) is 0 Å². The summed E-state index contributed by atoms with van der Waals surface area (Å²) in [5.74, 6) is 3.12. The van der Waals surface area contributed by atoms with Gasteiger partial charge in [0.1, 0.15) is 0 Å². The van der Waals surface area contributed by atoms with E-state index in [1.165, 1.54) is 32.1 Å². The minimum absolute atomic E-state index is 0.161. The molecule has 0 aromatic heterocycles. The third kappa shape index (κ3) is 3.69. The maximum Gasteiger partial charge on any atom is 0.0594 e. The van der Waals surface area contributed by atoms with Crippen LogP contribution in [0.5, 0.6) is 0 Å². The second kappa shape index (κ2) is 8.77. The van der Waals surface area contributed by atoms with Crippen LogP contribution in [0, 0.1) is 57.2 Å². The van der Waals surface area contributed by atoms with E-state index < -0.39 is 0 Å². The van der Waals surface area contributed by atoms with Gasteiger partial charge in [0.2, 0.25) is 0 Å². The zero-order valence-electron chi connectivity index (χ0n) is 22.7. The van der Waals surface area contributed by atoms with Gasteiger partial charge >= 0.3 is 0 Å². The van der Waals surface area contributed by atoms with Gasteiger partial charge in [0.05, 0.1) is 12.2 Å². The number of fused-ring (bicyclic) bond motifs is 5. The molecule has 0 saturated heterocycles. The second-order valence-electron chi connectivity index (χ2n) is 14.6. The summed E-state index contributed by atoms with van der Waals surface area (Å²) in [5, 5.41) is 33.7. The van der Waals surface area contributed by atoms with E-state index >= 15 is 0 Å². The molecule has 0 unspecified atom stereocenters. The van der Waals surface area contributed by atoms with Crippen molar-refractivity contribution in [2.75, 3.05) is 6.61 Å². The van der Waals surface area contributed by atoms with Crippen LogP contribution in [0.15, 0.2) is 0 Å². The van der Waals surface area contributed by atoms with E-state index in [1.54, 1.807) is 0 Å². The van der Waals surface area contributed by atoms with Gasteiger partial charge in [0.15, 0.2) is 0 Å². The summed E-state index contributed by atoms with van der Waals surface area (Å²) in [6, 6.07) is 0. The Hall–Kier alpha value is -0.120. The quantitative estimate of drug-likeness (QED) is 0.426. The zero-order chi connectivity index (χ0) is 24.4. The topological polar surface area (TPSA) is 60.7 Å². The van der Waals surface area contributed by atoms with Gasteiger partial charge in [0.25, 0.3) is 0 Å². The molecule has 4 saturated carbocycles. The summed E-state index contributed by atoms with van der Waals surface area (Å²) in [5.41, 5.74) is -0.0218. The average Bonchev–Trinajstić information content (AvgIpc) is 3.01. The lowest BCUT2D eigenvalue weighted by molar-refractivity contribution is -0.249. The number of hydrogen-bond donors (Lipinski definition) is 3. The molecule has 192 valence electrons. The molecule has 4 fully saturated rings. The Morgan fingerprint density at radius 1 is 0.848 bits per heavy atom. The van der Waals surface area contributed by atoms with Crippen LogP contribution in [0.2, 0.25) is 0 Å². The summed E-state index contributed by atoms with van der Waals surface area (Å²) in [6.45, 7) is 16.8. The van der Waals surface area contributed by atoms with E-state index in [-0.39, 0.29) is 52.3 Å². The van der Waals surface area contributed by atoms with Gasteiger partial charge in [-0.05, 0) is 96.7 Å². The Morgan fingerprint density at radius 2 is 1.55 bits per heavy atom. The Kier molecular flexibility index (Phi) is 6.90. The van der Waals surface area contributed by atoms with Crippen molar-refractivity contribution in [3.63, 3.8) is 0 Å². The van der Waals surface area contributed by atoms with Gasteiger partial charge in [-0.15, -0.1) is 0 Å². The number of rotatable bonds is 6. The molecule has 0 aromatic carbocycles. The maximum atomic E-state index is 11.9. The summed E-state index contributed by atoms with van der Waals surface area (Å²) in [4.78, 5) is 0. The predicted octanol–water partition coefficient (Wildman–Crippen LogP) is 6.44. The van der Waals surface area contributed by atoms with Crippen molar-refractivity contribution in [1.82, 2.24) is 0 Å². The van der Waals surface area contributed by atoms with E-state index in [0.29, 0.717) is 17.8 Å². The second-order valence-corrected chi connectivity index (χ2v) is 14.6. The third-order valence-electron chi connectivity index (χ3n) is 12.6. The first-order valence-electron chi connectivity index (χ1n) is 14.3. The van der Waals surface area contributed by atoms with Crippen LogP contribution in [0.1, 0.15) is 113 Å². The monoisotopic (exact) mass is 462 g/mol. The fourth-order valence-electron chi connectivity index (χ4n) is 10.6. The summed E-state index contributed by atoms with van der Waals surface area (Å²) < 4.78 is 0. The van der Waals surface area contributed by atoms with E-state index in [9.17, 15) is 15.3 Å². The zero-order valence-corrected chi connectivity index (χ0v) is 22.7. The normalized spacial score (nSPS) is 49.9. The van der Waals surface area contributed by atoms with E-state index in [0.717, 1.165) is 38.0 Å². The number of aliphatic hydroxyl groups excluding tert-OH is 3. The molecule has 3 heteroatoms. The summed E-state index contributed by atoms with van der Waals surface area (Å²) >= 11 is 0. The number of aliphatic hydroxyl groups is 3. The molecule has 0 aromatic rings. The largest absolute Gasteiger partial charge is 0.396 e. The van der Waals surface area contributed by atoms with Crippen molar-refractivity contribution in [2.24, 2.45) is 57.2 Å². The molecule has 0 radical (unpaired) electrons. The molecule has 33 heavy (non-hydrogen) atoms.